The van der Waals surface area contributed by atoms with E-state index in [-0.39, 0.29) is 5.92 Å². The zero-order valence-corrected chi connectivity index (χ0v) is 11.8. The number of hydrogen-bond acceptors (Lipinski definition) is 4. The van der Waals surface area contributed by atoms with Crippen molar-refractivity contribution in [3.05, 3.63) is 16.4 Å². The van der Waals surface area contributed by atoms with Crippen molar-refractivity contribution in [2.75, 3.05) is 13.1 Å². The van der Waals surface area contributed by atoms with E-state index in [4.69, 9.17) is 16.8 Å². The van der Waals surface area contributed by atoms with Crippen LogP contribution >= 0.6 is 11.6 Å². The number of halogens is 1. The number of aryl methyl sites for hydroxylation is 2. The van der Waals surface area contributed by atoms with Crippen LogP contribution in [-0.2, 0) is 13.6 Å². The molecule has 6 heteroatoms. The van der Waals surface area contributed by atoms with E-state index in [0.717, 1.165) is 48.2 Å². The molecular weight excluding hydrogens is 252 g/mol. The highest BCUT2D eigenvalue weighted by Crippen LogP contribution is 2.23. The first-order valence-electron chi connectivity index (χ1n) is 6.14. The van der Waals surface area contributed by atoms with Crippen molar-refractivity contribution in [2.24, 2.45) is 18.1 Å². The van der Waals surface area contributed by atoms with E-state index in [1.807, 2.05) is 18.7 Å². The summed E-state index contributed by atoms with van der Waals surface area (Å²) in [6.45, 7) is 6.57. The maximum absolute atomic E-state index is 8.86. The van der Waals surface area contributed by atoms with Crippen molar-refractivity contribution in [1.29, 1.82) is 0 Å². The third-order valence-electron chi connectivity index (χ3n) is 3.55. The predicted octanol–water partition coefficient (Wildman–Crippen LogP) is 2.05. The predicted molar refractivity (Wildman–Crippen MR) is 71.2 cm³/mol. The van der Waals surface area contributed by atoms with E-state index < -0.39 is 0 Å². The molecule has 1 N–H and O–H groups in total. The monoisotopic (exact) mass is 270 g/mol. The Morgan fingerprint density at radius 1 is 1.56 bits per heavy atom. The van der Waals surface area contributed by atoms with Crippen LogP contribution in [0.3, 0.4) is 0 Å². The molecule has 0 spiro atoms. The molecule has 1 aliphatic heterocycles. The molecule has 1 atom stereocenters. The van der Waals surface area contributed by atoms with Gasteiger partial charge in [0.25, 0.3) is 0 Å². The van der Waals surface area contributed by atoms with Crippen molar-refractivity contribution in [2.45, 2.75) is 26.8 Å². The highest BCUT2D eigenvalue weighted by atomic mass is 35.5. The van der Waals surface area contributed by atoms with E-state index in [1.165, 1.54) is 0 Å². The molecule has 2 heterocycles. The summed E-state index contributed by atoms with van der Waals surface area (Å²) in [7, 11) is 1.92. The second kappa shape index (κ2) is 5.28. The highest BCUT2D eigenvalue weighted by molar-refractivity contribution is 6.31. The minimum atomic E-state index is 0.289. The SMILES string of the molecule is Cc1nn(C)c(CN2CCC(=NO)C(C)C2)c1Cl. The summed E-state index contributed by atoms with van der Waals surface area (Å²) in [5, 5.41) is 17.3. The van der Waals surface area contributed by atoms with Gasteiger partial charge in [-0.25, -0.2) is 0 Å². The summed E-state index contributed by atoms with van der Waals surface area (Å²) in [6, 6.07) is 0. The number of rotatable bonds is 2. The smallest absolute Gasteiger partial charge is 0.0860 e. The fourth-order valence-corrected chi connectivity index (χ4v) is 2.68. The standard InChI is InChI=1S/C12H19ClN4O/c1-8-6-17(5-4-10(8)15-18)7-11-12(13)9(2)14-16(11)3/h8,18H,4-7H2,1-3H3. The van der Waals surface area contributed by atoms with Gasteiger partial charge < -0.3 is 5.21 Å². The molecule has 5 nitrogen and oxygen atoms in total. The Kier molecular flexibility index (Phi) is 3.92. The Bertz CT molecular complexity index is 469. The molecule has 1 aliphatic rings. The Morgan fingerprint density at radius 2 is 2.28 bits per heavy atom. The normalized spacial score (nSPS) is 23.8. The van der Waals surface area contributed by atoms with Crippen LogP contribution in [-0.4, -0.2) is 38.7 Å². The summed E-state index contributed by atoms with van der Waals surface area (Å²) >= 11 is 6.25. The zero-order chi connectivity index (χ0) is 13.3. The van der Waals surface area contributed by atoms with Crippen molar-refractivity contribution in [3.8, 4) is 0 Å². The van der Waals surface area contributed by atoms with Gasteiger partial charge in [-0.05, 0) is 6.92 Å². The molecule has 1 unspecified atom stereocenters. The van der Waals surface area contributed by atoms with Crippen LogP contribution in [0.2, 0.25) is 5.02 Å². The van der Waals surface area contributed by atoms with Gasteiger partial charge in [0, 0.05) is 39.0 Å². The van der Waals surface area contributed by atoms with Gasteiger partial charge in [-0.2, -0.15) is 5.10 Å². The van der Waals surface area contributed by atoms with Crippen LogP contribution in [0.15, 0.2) is 5.16 Å². The Hall–Kier alpha value is -1.07. The molecule has 0 aliphatic carbocycles. The maximum atomic E-state index is 8.86. The first-order chi connectivity index (χ1) is 8.52. The van der Waals surface area contributed by atoms with Crippen molar-refractivity contribution >= 4 is 17.3 Å². The number of oxime groups is 1. The summed E-state index contributed by atoms with van der Waals surface area (Å²) in [5.74, 6) is 0.289. The lowest BCUT2D eigenvalue weighted by atomic mass is 9.97. The molecular formula is C12H19ClN4O. The molecule has 0 bridgehead atoms. The quantitative estimate of drug-likeness (QED) is 0.661. The number of nitrogens with zero attached hydrogens (tertiary/aromatic N) is 4. The van der Waals surface area contributed by atoms with Gasteiger partial charge in [0.15, 0.2) is 0 Å². The van der Waals surface area contributed by atoms with Crippen LogP contribution in [0, 0.1) is 12.8 Å². The second-order valence-electron chi connectivity index (χ2n) is 4.95. The third-order valence-corrected chi connectivity index (χ3v) is 4.04. The Balaban J connectivity index is 2.07. The van der Waals surface area contributed by atoms with Gasteiger partial charge in [0.05, 0.1) is 22.1 Å². The van der Waals surface area contributed by atoms with E-state index in [2.05, 4.69) is 22.1 Å². The van der Waals surface area contributed by atoms with Crippen LogP contribution in [0.5, 0.6) is 0 Å². The highest BCUT2D eigenvalue weighted by Gasteiger charge is 2.24. The van der Waals surface area contributed by atoms with E-state index >= 15 is 0 Å². The van der Waals surface area contributed by atoms with Gasteiger partial charge >= 0.3 is 0 Å². The second-order valence-corrected chi connectivity index (χ2v) is 5.33. The van der Waals surface area contributed by atoms with Gasteiger partial charge in [-0.1, -0.05) is 23.7 Å². The largest absolute Gasteiger partial charge is 0.411 e. The number of hydrogen-bond donors (Lipinski definition) is 1. The van der Waals surface area contributed by atoms with Crippen molar-refractivity contribution in [1.82, 2.24) is 14.7 Å². The lowest BCUT2D eigenvalue weighted by molar-refractivity contribution is 0.223. The van der Waals surface area contributed by atoms with Gasteiger partial charge in [-0.15, -0.1) is 0 Å². The minimum Gasteiger partial charge on any atom is -0.411 e. The van der Waals surface area contributed by atoms with Crippen LogP contribution < -0.4 is 0 Å². The van der Waals surface area contributed by atoms with E-state index in [0.29, 0.717) is 0 Å². The summed E-state index contributed by atoms with van der Waals surface area (Å²) in [4.78, 5) is 2.32. The lowest BCUT2D eigenvalue weighted by Crippen LogP contribution is -2.39. The van der Waals surface area contributed by atoms with Gasteiger partial charge in [0.2, 0.25) is 0 Å². The van der Waals surface area contributed by atoms with E-state index in [1.54, 1.807) is 0 Å². The summed E-state index contributed by atoms with van der Waals surface area (Å²) in [5.41, 5.74) is 2.81. The average molecular weight is 271 g/mol. The fraction of sp³-hybridized carbons (Fsp3) is 0.667. The van der Waals surface area contributed by atoms with Gasteiger partial charge in [-0.3, -0.25) is 9.58 Å². The first-order valence-corrected chi connectivity index (χ1v) is 6.52. The molecule has 18 heavy (non-hydrogen) atoms. The topological polar surface area (TPSA) is 53.7 Å². The number of piperidine rings is 1. The molecule has 0 radical (unpaired) electrons. The molecule has 0 aromatic carbocycles. The minimum absolute atomic E-state index is 0.289. The van der Waals surface area contributed by atoms with Crippen molar-refractivity contribution in [3.63, 3.8) is 0 Å². The Labute approximate surface area is 112 Å². The molecule has 1 aromatic heterocycles. The van der Waals surface area contributed by atoms with Crippen LogP contribution in [0.25, 0.3) is 0 Å². The number of likely N-dealkylation sites (tertiary alicyclic amines) is 1. The summed E-state index contributed by atoms with van der Waals surface area (Å²) in [6.07, 6.45) is 0.812. The third kappa shape index (κ3) is 2.52. The molecule has 1 aromatic rings. The molecule has 100 valence electrons. The molecule has 1 saturated heterocycles. The van der Waals surface area contributed by atoms with Crippen LogP contribution in [0.1, 0.15) is 24.7 Å². The Morgan fingerprint density at radius 3 is 2.78 bits per heavy atom. The zero-order valence-electron chi connectivity index (χ0n) is 11.0. The number of aromatic nitrogens is 2. The van der Waals surface area contributed by atoms with Gasteiger partial charge in [0.1, 0.15) is 0 Å². The fourth-order valence-electron chi connectivity index (χ4n) is 2.46. The maximum Gasteiger partial charge on any atom is 0.0860 e. The van der Waals surface area contributed by atoms with E-state index in [9.17, 15) is 0 Å². The lowest BCUT2D eigenvalue weighted by Gasteiger charge is -2.31. The van der Waals surface area contributed by atoms with Crippen molar-refractivity contribution < 1.29 is 5.21 Å². The first kappa shape index (κ1) is 13.4. The molecule has 0 saturated carbocycles. The average Bonchev–Trinajstić information content (AvgIpc) is 2.56. The van der Waals surface area contributed by atoms with Crippen LogP contribution in [0.4, 0.5) is 0 Å². The molecule has 2 rings (SSSR count). The summed E-state index contributed by atoms with van der Waals surface area (Å²) < 4.78 is 1.85. The molecule has 0 amide bonds. The molecule has 1 fully saturated rings.